The molecule has 2 aromatic rings. The van der Waals surface area contributed by atoms with E-state index in [2.05, 4.69) is 31.7 Å². The fraction of sp³-hybridized carbons (Fsp3) is 0.500. The first-order chi connectivity index (χ1) is 10.3. The Morgan fingerprint density at radius 1 is 1.33 bits per heavy atom. The number of fused-ring (bicyclic) bond motifs is 1. The number of aromatic nitrogens is 2. The zero-order valence-corrected chi connectivity index (χ0v) is 12.5. The maximum Gasteiger partial charge on any atom is 0.190 e. The Morgan fingerprint density at radius 3 is 2.95 bits per heavy atom. The quantitative estimate of drug-likeness (QED) is 0.432. The van der Waals surface area contributed by atoms with Gasteiger partial charge in [-0.2, -0.15) is 0 Å². The third kappa shape index (κ3) is 3.97. The van der Waals surface area contributed by atoms with Crippen LogP contribution in [0.15, 0.2) is 29.3 Å². The van der Waals surface area contributed by atoms with E-state index in [0.29, 0.717) is 0 Å². The molecule has 1 saturated carbocycles. The van der Waals surface area contributed by atoms with Gasteiger partial charge in [0.2, 0.25) is 0 Å². The van der Waals surface area contributed by atoms with Crippen molar-refractivity contribution >= 4 is 17.0 Å². The predicted molar refractivity (Wildman–Crippen MR) is 86.5 cm³/mol. The summed E-state index contributed by atoms with van der Waals surface area (Å²) in [6, 6.07) is 8.15. The second-order valence-electron chi connectivity index (χ2n) is 5.63. The number of aliphatic imine (C=N–C) groups is 1. The van der Waals surface area contributed by atoms with Gasteiger partial charge in [0, 0.05) is 26.6 Å². The van der Waals surface area contributed by atoms with Gasteiger partial charge in [-0.15, -0.1) is 0 Å². The zero-order chi connectivity index (χ0) is 14.5. The summed E-state index contributed by atoms with van der Waals surface area (Å²) in [7, 11) is 1.82. The maximum absolute atomic E-state index is 4.59. The molecule has 1 aromatic heterocycles. The van der Waals surface area contributed by atoms with Gasteiger partial charge in [0.15, 0.2) is 5.96 Å². The molecule has 1 fully saturated rings. The highest BCUT2D eigenvalue weighted by molar-refractivity contribution is 5.79. The Kier molecular flexibility index (Phi) is 4.38. The lowest BCUT2D eigenvalue weighted by Gasteiger charge is -2.10. The number of nitrogens with one attached hydrogen (secondary N) is 3. The Morgan fingerprint density at radius 2 is 2.19 bits per heavy atom. The highest BCUT2D eigenvalue weighted by Crippen LogP contribution is 2.27. The van der Waals surface area contributed by atoms with Gasteiger partial charge in [-0.05, 0) is 37.3 Å². The summed E-state index contributed by atoms with van der Waals surface area (Å²) in [6.07, 6.45) is 4.69. The normalized spacial score (nSPS) is 15.4. The molecule has 0 bridgehead atoms. The fourth-order valence-corrected chi connectivity index (χ4v) is 2.37. The number of nitrogens with zero attached hydrogens (tertiary/aromatic N) is 2. The second-order valence-corrected chi connectivity index (χ2v) is 5.63. The van der Waals surface area contributed by atoms with Crippen molar-refractivity contribution in [2.75, 3.05) is 20.1 Å². The smallest absolute Gasteiger partial charge is 0.190 e. The first-order valence-corrected chi connectivity index (χ1v) is 7.73. The largest absolute Gasteiger partial charge is 0.356 e. The Balaban J connectivity index is 1.40. The number of para-hydroxylation sites is 2. The molecule has 0 saturated heterocycles. The average Bonchev–Trinajstić information content (AvgIpc) is 3.24. The topological polar surface area (TPSA) is 65.1 Å². The van der Waals surface area contributed by atoms with Gasteiger partial charge >= 0.3 is 0 Å². The monoisotopic (exact) mass is 285 g/mol. The number of aromatic amines is 1. The molecule has 1 aromatic carbocycles. The van der Waals surface area contributed by atoms with Crippen LogP contribution in [0.2, 0.25) is 0 Å². The minimum Gasteiger partial charge on any atom is -0.356 e. The summed E-state index contributed by atoms with van der Waals surface area (Å²) in [6.45, 7) is 1.95. The van der Waals surface area contributed by atoms with Crippen molar-refractivity contribution in [3.05, 3.63) is 30.1 Å². The molecule has 5 nitrogen and oxygen atoms in total. The van der Waals surface area contributed by atoms with Gasteiger partial charge in [-0.1, -0.05) is 12.1 Å². The van der Waals surface area contributed by atoms with Crippen LogP contribution in [-0.2, 0) is 6.42 Å². The fourth-order valence-electron chi connectivity index (χ4n) is 2.37. The lowest BCUT2D eigenvalue weighted by molar-refractivity contribution is 0.706. The van der Waals surface area contributed by atoms with Gasteiger partial charge in [0.1, 0.15) is 5.82 Å². The lowest BCUT2D eigenvalue weighted by Crippen LogP contribution is -2.38. The van der Waals surface area contributed by atoms with Crippen molar-refractivity contribution in [1.82, 2.24) is 20.6 Å². The van der Waals surface area contributed by atoms with Crippen LogP contribution in [-0.4, -0.2) is 36.1 Å². The molecule has 112 valence electrons. The number of rotatable bonds is 6. The Hall–Kier alpha value is -2.04. The number of imidazole rings is 1. The number of benzene rings is 1. The van der Waals surface area contributed by atoms with E-state index in [1.807, 2.05) is 25.2 Å². The molecule has 3 N–H and O–H groups in total. The van der Waals surface area contributed by atoms with Crippen molar-refractivity contribution in [2.45, 2.75) is 25.7 Å². The average molecular weight is 285 g/mol. The van der Waals surface area contributed by atoms with Gasteiger partial charge in [-0.3, -0.25) is 4.99 Å². The molecule has 0 radical (unpaired) electrons. The maximum atomic E-state index is 4.59. The predicted octanol–water partition coefficient (Wildman–Crippen LogP) is 2.07. The molecule has 3 rings (SSSR count). The molecule has 0 amide bonds. The van der Waals surface area contributed by atoms with E-state index in [1.54, 1.807) is 0 Å². The van der Waals surface area contributed by atoms with E-state index in [-0.39, 0.29) is 0 Å². The van der Waals surface area contributed by atoms with E-state index in [1.165, 1.54) is 12.8 Å². The first-order valence-electron chi connectivity index (χ1n) is 7.73. The molecular weight excluding hydrogens is 262 g/mol. The molecule has 1 heterocycles. The molecule has 0 unspecified atom stereocenters. The summed E-state index contributed by atoms with van der Waals surface area (Å²) < 4.78 is 0. The van der Waals surface area contributed by atoms with Gasteiger partial charge in [0.05, 0.1) is 11.0 Å². The molecular formula is C16H23N5. The van der Waals surface area contributed by atoms with Crippen molar-refractivity contribution in [3.8, 4) is 0 Å². The van der Waals surface area contributed by atoms with Crippen molar-refractivity contribution in [2.24, 2.45) is 10.9 Å². The van der Waals surface area contributed by atoms with Crippen LogP contribution >= 0.6 is 0 Å². The van der Waals surface area contributed by atoms with Crippen LogP contribution in [0.3, 0.4) is 0 Å². The summed E-state index contributed by atoms with van der Waals surface area (Å²) in [4.78, 5) is 12.2. The van der Waals surface area contributed by atoms with Crippen LogP contribution in [0.5, 0.6) is 0 Å². The number of hydrogen-bond donors (Lipinski definition) is 3. The van der Waals surface area contributed by atoms with Crippen LogP contribution in [0.25, 0.3) is 11.0 Å². The van der Waals surface area contributed by atoms with Gasteiger partial charge in [-0.25, -0.2) is 4.98 Å². The van der Waals surface area contributed by atoms with Gasteiger partial charge < -0.3 is 15.6 Å². The van der Waals surface area contributed by atoms with E-state index >= 15 is 0 Å². The van der Waals surface area contributed by atoms with Crippen molar-refractivity contribution in [1.29, 1.82) is 0 Å². The minimum atomic E-state index is 0.860. The highest BCUT2D eigenvalue weighted by Gasteiger charge is 2.20. The first kappa shape index (κ1) is 13.9. The molecule has 0 atom stereocenters. The van der Waals surface area contributed by atoms with Crippen molar-refractivity contribution < 1.29 is 0 Å². The standard InChI is InChI=1S/C16H23N5/c1-17-16(19-11-12-8-9-12)18-10-4-7-15-20-13-5-2-3-6-14(13)21-15/h2-3,5-6,12H,4,7-11H2,1H3,(H,20,21)(H2,17,18,19). The number of guanidine groups is 1. The third-order valence-electron chi connectivity index (χ3n) is 3.80. The van der Waals surface area contributed by atoms with E-state index in [9.17, 15) is 0 Å². The van der Waals surface area contributed by atoms with Crippen molar-refractivity contribution in [3.63, 3.8) is 0 Å². The summed E-state index contributed by atoms with van der Waals surface area (Å²) in [5, 5.41) is 6.72. The third-order valence-corrected chi connectivity index (χ3v) is 3.80. The Bertz CT molecular complexity index is 579. The molecule has 0 spiro atoms. The molecule has 5 heteroatoms. The Labute approximate surface area is 125 Å². The second kappa shape index (κ2) is 6.61. The van der Waals surface area contributed by atoms with Crippen LogP contribution < -0.4 is 10.6 Å². The zero-order valence-electron chi connectivity index (χ0n) is 12.5. The van der Waals surface area contributed by atoms with Crippen LogP contribution in [0.4, 0.5) is 0 Å². The lowest BCUT2D eigenvalue weighted by atomic mass is 10.3. The highest BCUT2D eigenvalue weighted by atomic mass is 15.2. The molecule has 1 aliphatic carbocycles. The summed E-state index contributed by atoms with van der Waals surface area (Å²) in [5.41, 5.74) is 2.16. The number of aryl methyl sites for hydroxylation is 1. The number of H-pyrrole nitrogens is 1. The molecule has 1 aliphatic rings. The van der Waals surface area contributed by atoms with E-state index < -0.39 is 0 Å². The minimum absolute atomic E-state index is 0.860. The molecule has 0 aliphatic heterocycles. The van der Waals surface area contributed by atoms with E-state index in [0.717, 1.165) is 54.7 Å². The van der Waals surface area contributed by atoms with Crippen LogP contribution in [0, 0.1) is 5.92 Å². The SMILES string of the molecule is CN=C(NCCCc1nc2ccccc2[nH]1)NCC1CC1. The summed E-state index contributed by atoms with van der Waals surface area (Å²) >= 11 is 0. The van der Waals surface area contributed by atoms with Crippen LogP contribution in [0.1, 0.15) is 25.1 Å². The van der Waals surface area contributed by atoms with E-state index in [4.69, 9.17) is 0 Å². The molecule has 21 heavy (non-hydrogen) atoms. The van der Waals surface area contributed by atoms with Gasteiger partial charge in [0.25, 0.3) is 0 Å². The number of hydrogen-bond acceptors (Lipinski definition) is 2. The summed E-state index contributed by atoms with van der Waals surface area (Å²) in [5.74, 6) is 2.82.